The molecule has 30 heavy (non-hydrogen) atoms. The quantitative estimate of drug-likeness (QED) is 0.622. The molecule has 0 bridgehead atoms. The van der Waals surface area contributed by atoms with Gasteiger partial charge in [0, 0.05) is 37.4 Å². The predicted molar refractivity (Wildman–Crippen MR) is 105 cm³/mol. The van der Waals surface area contributed by atoms with E-state index < -0.39 is 11.7 Å². The Balaban J connectivity index is 1.35. The maximum atomic E-state index is 12.9. The third kappa shape index (κ3) is 4.56. The second-order valence-electron chi connectivity index (χ2n) is 7.05. The van der Waals surface area contributed by atoms with Gasteiger partial charge in [0.2, 0.25) is 11.7 Å². The number of rotatable bonds is 5. The van der Waals surface area contributed by atoms with E-state index in [0.717, 1.165) is 17.4 Å². The molecule has 0 radical (unpaired) electrons. The fraction of sp³-hybridized carbons (Fsp3) is 0.333. The average molecular weight is 418 g/mol. The van der Waals surface area contributed by atoms with E-state index in [2.05, 4.69) is 15.0 Å². The lowest BCUT2D eigenvalue weighted by Gasteiger charge is -2.35. The summed E-state index contributed by atoms with van der Waals surface area (Å²) in [5.41, 5.74) is 0.795. The zero-order chi connectivity index (χ0) is 21.1. The normalized spacial score (nSPS) is 15.4. The Hall–Kier alpha value is -3.07. The molecule has 9 heteroatoms. The number of ether oxygens (including phenoxy) is 1. The zero-order valence-electron chi connectivity index (χ0n) is 16.4. The number of aromatic nitrogens is 2. The van der Waals surface area contributed by atoms with Crippen molar-refractivity contribution in [1.29, 1.82) is 0 Å². The molecule has 2 aromatic carbocycles. The Bertz CT molecular complexity index is 980. The van der Waals surface area contributed by atoms with Crippen LogP contribution in [0.1, 0.15) is 11.5 Å². The van der Waals surface area contributed by atoms with Gasteiger partial charge in [-0.25, -0.2) is 0 Å². The number of methoxy groups -OCH3 is 1. The first-order valence-corrected chi connectivity index (χ1v) is 9.54. The molecule has 3 aromatic rings. The molecule has 1 saturated heterocycles. The number of anilines is 1. The van der Waals surface area contributed by atoms with E-state index in [-0.39, 0.29) is 0 Å². The van der Waals surface area contributed by atoms with Gasteiger partial charge in [0.1, 0.15) is 5.75 Å². The topological polar surface area (TPSA) is 54.6 Å². The van der Waals surface area contributed by atoms with Gasteiger partial charge in [0.15, 0.2) is 0 Å². The van der Waals surface area contributed by atoms with Crippen molar-refractivity contribution in [2.75, 3.05) is 38.2 Å². The van der Waals surface area contributed by atoms with Crippen LogP contribution < -0.4 is 9.64 Å². The number of nitrogens with zero attached hydrogens (tertiary/aromatic N) is 4. The molecule has 0 atom stereocenters. The Kier molecular flexibility index (Phi) is 5.63. The first-order chi connectivity index (χ1) is 14.4. The second-order valence-corrected chi connectivity index (χ2v) is 7.05. The molecule has 4 rings (SSSR count). The second kappa shape index (κ2) is 8.35. The summed E-state index contributed by atoms with van der Waals surface area (Å²) in [4.78, 5) is 8.56. The van der Waals surface area contributed by atoms with Crippen molar-refractivity contribution >= 4 is 5.69 Å². The van der Waals surface area contributed by atoms with E-state index in [1.807, 2.05) is 29.2 Å². The number of halogens is 3. The Morgan fingerprint density at radius 3 is 2.43 bits per heavy atom. The van der Waals surface area contributed by atoms with E-state index in [4.69, 9.17) is 9.26 Å². The van der Waals surface area contributed by atoms with Crippen LogP contribution in [0.5, 0.6) is 5.75 Å². The van der Waals surface area contributed by atoms with Crippen LogP contribution in [-0.4, -0.2) is 48.3 Å². The summed E-state index contributed by atoms with van der Waals surface area (Å²) >= 11 is 0. The summed E-state index contributed by atoms with van der Waals surface area (Å²) in [5, 5.41) is 4.03. The van der Waals surface area contributed by atoms with E-state index in [9.17, 15) is 13.2 Å². The van der Waals surface area contributed by atoms with Crippen molar-refractivity contribution in [3.63, 3.8) is 0 Å². The lowest BCUT2D eigenvalue weighted by molar-refractivity contribution is -0.137. The Morgan fingerprint density at radius 1 is 1.03 bits per heavy atom. The molecule has 1 aromatic heterocycles. The van der Waals surface area contributed by atoms with Crippen molar-refractivity contribution in [3.8, 4) is 17.1 Å². The van der Waals surface area contributed by atoms with Gasteiger partial charge in [0.25, 0.3) is 0 Å². The summed E-state index contributed by atoms with van der Waals surface area (Å²) in [6, 6.07) is 12.8. The van der Waals surface area contributed by atoms with E-state index in [0.29, 0.717) is 50.1 Å². The Morgan fingerprint density at radius 2 is 1.77 bits per heavy atom. The fourth-order valence-corrected chi connectivity index (χ4v) is 3.41. The van der Waals surface area contributed by atoms with Gasteiger partial charge in [-0.05, 0) is 42.5 Å². The van der Waals surface area contributed by atoms with Crippen LogP contribution in [0.15, 0.2) is 53.1 Å². The molecule has 0 N–H and O–H groups in total. The molecule has 158 valence electrons. The van der Waals surface area contributed by atoms with Gasteiger partial charge in [0.05, 0.1) is 19.2 Å². The van der Waals surface area contributed by atoms with E-state index in [1.54, 1.807) is 13.2 Å². The van der Waals surface area contributed by atoms with Crippen molar-refractivity contribution in [2.24, 2.45) is 0 Å². The molecule has 1 aliphatic heterocycles. The minimum Gasteiger partial charge on any atom is -0.497 e. The van der Waals surface area contributed by atoms with Crippen LogP contribution >= 0.6 is 0 Å². The molecule has 1 fully saturated rings. The SMILES string of the molecule is COc1ccc(-c2noc(CN3CCN(c4cccc(C(F)(F)F)c4)CC3)n2)cc1. The molecular weight excluding hydrogens is 397 g/mol. The molecule has 0 aliphatic carbocycles. The fourth-order valence-electron chi connectivity index (χ4n) is 3.41. The smallest absolute Gasteiger partial charge is 0.416 e. The van der Waals surface area contributed by atoms with Crippen molar-refractivity contribution in [3.05, 3.63) is 60.0 Å². The molecule has 0 spiro atoms. The van der Waals surface area contributed by atoms with Crippen LogP contribution in [0.2, 0.25) is 0 Å². The predicted octanol–water partition coefficient (Wildman–Crippen LogP) is 4.09. The van der Waals surface area contributed by atoms with E-state index >= 15 is 0 Å². The third-order valence-electron chi connectivity index (χ3n) is 5.09. The molecule has 6 nitrogen and oxygen atoms in total. The van der Waals surface area contributed by atoms with Gasteiger partial charge in [-0.2, -0.15) is 18.2 Å². The number of alkyl halides is 3. The van der Waals surface area contributed by atoms with Gasteiger partial charge in [-0.1, -0.05) is 11.2 Å². The van der Waals surface area contributed by atoms with Crippen LogP contribution in [0.4, 0.5) is 18.9 Å². The molecule has 0 unspecified atom stereocenters. The van der Waals surface area contributed by atoms with E-state index in [1.165, 1.54) is 12.1 Å². The monoisotopic (exact) mass is 418 g/mol. The highest BCUT2D eigenvalue weighted by molar-refractivity contribution is 5.55. The highest BCUT2D eigenvalue weighted by Crippen LogP contribution is 2.32. The summed E-state index contributed by atoms with van der Waals surface area (Å²) in [6.07, 6.45) is -4.34. The number of hydrogen-bond donors (Lipinski definition) is 0. The first kappa shape index (κ1) is 20.2. The molecular formula is C21H21F3N4O2. The van der Waals surface area contributed by atoms with Crippen LogP contribution in [0.25, 0.3) is 11.4 Å². The summed E-state index contributed by atoms with van der Waals surface area (Å²) in [5.74, 6) is 1.77. The molecule has 1 aliphatic rings. The summed E-state index contributed by atoms with van der Waals surface area (Å²) in [6.45, 7) is 3.13. The highest BCUT2D eigenvalue weighted by Gasteiger charge is 2.31. The number of hydrogen-bond acceptors (Lipinski definition) is 6. The molecule has 2 heterocycles. The van der Waals surface area contributed by atoms with Gasteiger partial charge in [-0.3, -0.25) is 4.90 Å². The lowest BCUT2D eigenvalue weighted by atomic mass is 10.1. The molecule has 0 amide bonds. The van der Waals surface area contributed by atoms with Crippen molar-refractivity contribution in [2.45, 2.75) is 12.7 Å². The zero-order valence-corrected chi connectivity index (χ0v) is 16.4. The maximum absolute atomic E-state index is 12.9. The van der Waals surface area contributed by atoms with Crippen molar-refractivity contribution < 1.29 is 22.4 Å². The Labute approximate surface area is 171 Å². The van der Waals surface area contributed by atoms with Crippen LogP contribution in [-0.2, 0) is 12.7 Å². The number of piperazine rings is 1. The average Bonchev–Trinajstić information content (AvgIpc) is 3.22. The summed E-state index contributed by atoms with van der Waals surface area (Å²) < 4.78 is 49.4. The lowest BCUT2D eigenvalue weighted by Crippen LogP contribution is -2.46. The third-order valence-corrected chi connectivity index (χ3v) is 5.09. The van der Waals surface area contributed by atoms with Crippen molar-refractivity contribution in [1.82, 2.24) is 15.0 Å². The standard InChI is InChI=1S/C21H21F3N4O2/c1-29-18-7-5-15(6-8-18)20-25-19(30-26-20)14-27-9-11-28(12-10-27)17-4-2-3-16(13-17)21(22,23)24/h2-8,13H,9-12,14H2,1H3. The van der Waals surface area contributed by atoms with Crippen LogP contribution in [0.3, 0.4) is 0 Å². The largest absolute Gasteiger partial charge is 0.497 e. The van der Waals surface area contributed by atoms with Gasteiger partial charge < -0.3 is 14.2 Å². The minimum atomic E-state index is -4.34. The molecule has 0 saturated carbocycles. The number of benzene rings is 2. The minimum absolute atomic E-state index is 0.500. The van der Waals surface area contributed by atoms with Gasteiger partial charge >= 0.3 is 6.18 Å². The highest BCUT2D eigenvalue weighted by atomic mass is 19.4. The van der Waals surface area contributed by atoms with Crippen LogP contribution in [0, 0.1) is 0 Å². The van der Waals surface area contributed by atoms with Gasteiger partial charge in [-0.15, -0.1) is 0 Å². The maximum Gasteiger partial charge on any atom is 0.416 e. The first-order valence-electron chi connectivity index (χ1n) is 9.54. The summed E-state index contributed by atoms with van der Waals surface area (Å²) in [7, 11) is 1.61.